The topological polar surface area (TPSA) is 92.5 Å². The van der Waals surface area contributed by atoms with Crippen molar-refractivity contribution in [2.24, 2.45) is 5.92 Å². The predicted octanol–water partition coefficient (Wildman–Crippen LogP) is 4.11. The lowest BCUT2D eigenvalue weighted by molar-refractivity contribution is -0.134. The van der Waals surface area contributed by atoms with Crippen LogP contribution in [-0.4, -0.2) is 38.4 Å². The van der Waals surface area contributed by atoms with Crippen molar-refractivity contribution in [2.75, 3.05) is 18.8 Å². The smallest absolute Gasteiger partial charge is 0.244 e. The minimum absolute atomic E-state index is 0.0638. The van der Waals surface area contributed by atoms with Gasteiger partial charge in [0.1, 0.15) is 10.9 Å². The quantitative estimate of drug-likeness (QED) is 0.579. The largest absolute Gasteiger partial charge is 0.398 e. The van der Waals surface area contributed by atoms with E-state index in [-0.39, 0.29) is 26.5 Å². The summed E-state index contributed by atoms with van der Waals surface area (Å²) >= 11 is 12.1. The van der Waals surface area contributed by atoms with Crippen LogP contribution in [0.5, 0.6) is 0 Å². The molecular weight excluding hydrogens is 457 g/mol. The third-order valence-electron chi connectivity index (χ3n) is 5.56. The second kappa shape index (κ2) is 10.2. The van der Waals surface area contributed by atoms with Crippen LogP contribution < -0.4 is 10.5 Å². The Balaban J connectivity index is 1.85. The molecule has 31 heavy (non-hydrogen) atoms. The maximum absolute atomic E-state index is 13.3. The van der Waals surface area contributed by atoms with Gasteiger partial charge in [-0.05, 0) is 49.3 Å². The van der Waals surface area contributed by atoms with Crippen LogP contribution in [0.15, 0.2) is 47.4 Å². The number of likely N-dealkylation sites (tertiary alicyclic amines) is 1. The highest BCUT2D eigenvalue weighted by Gasteiger charge is 2.32. The molecule has 1 atom stereocenters. The third-order valence-corrected chi connectivity index (χ3v) is 7.78. The van der Waals surface area contributed by atoms with Gasteiger partial charge in [0.25, 0.3) is 0 Å². The molecule has 168 valence electrons. The number of hydrogen-bond acceptors (Lipinski definition) is 4. The van der Waals surface area contributed by atoms with E-state index < -0.39 is 16.1 Å². The van der Waals surface area contributed by atoms with Gasteiger partial charge in [0.05, 0.1) is 10.7 Å². The number of nitrogens with two attached hydrogens (primary N) is 1. The van der Waals surface area contributed by atoms with Crippen molar-refractivity contribution in [3.05, 3.63) is 58.1 Å². The van der Waals surface area contributed by atoms with Crippen LogP contribution in [0.4, 0.5) is 5.69 Å². The van der Waals surface area contributed by atoms with E-state index >= 15 is 0 Å². The Labute approximate surface area is 193 Å². The number of hydrogen-bond donors (Lipinski definition) is 2. The molecule has 1 saturated heterocycles. The van der Waals surface area contributed by atoms with E-state index in [1.165, 1.54) is 12.1 Å². The average molecular weight is 484 g/mol. The van der Waals surface area contributed by atoms with Gasteiger partial charge in [-0.1, -0.05) is 60.5 Å². The van der Waals surface area contributed by atoms with Crippen molar-refractivity contribution >= 4 is 44.8 Å². The second-order valence-electron chi connectivity index (χ2n) is 8.01. The van der Waals surface area contributed by atoms with Crippen LogP contribution in [-0.2, 0) is 21.2 Å². The monoisotopic (exact) mass is 483 g/mol. The lowest BCUT2D eigenvalue weighted by atomic mass is 9.98. The normalized spacial score (nSPS) is 16.3. The molecule has 0 saturated carbocycles. The maximum atomic E-state index is 13.3. The van der Waals surface area contributed by atoms with Gasteiger partial charge >= 0.3 is 0 Å². The van der Waals surface area contributed by atoms with E-state index in [1.54, 1.807) is 4.90 Å². The van der Waals surface area contributed by atoms with E-state index in [4.69, 9.17) is 28.9 Å². The summed E-state index contributed by atoms with van der Waals surface area (Å²) in [5.74, 6) is 0.325. The molecule has 1 aliphatic rings. The van der Waals surface area contributed by atoms with Gasteiger partial charge < -0.3 is 10.6 Å². The summed E-state index contributed by atoms with van der Waals surface area (Å²) in [5.41, 5.74) is 6.86. The summed E-state index contributed by atoms with van der Waals surface area (Å²) in [6, 6.07) is 11.4. The van der Waals surface area contributed by atoms with Crippen LogP contribution in [0.25, 0.3) is 0 Å². The molecule has 2 aromatic carbocycles. The maximum Gasteiger partial charge on any atom is 0.244 e. The van der Waals surface area contributed by atoms with Gasteiger partial charge in [0.2, 0.25) is 15.9 Å². The number of anilines is 1. The molecule has 1 amide bonds. The second-order valence-corrected chi connectivity index (χ2v) is 10.5. The molecule has 1 aliphatic heterocycles. The summed E-state index contributed by atoms with van der Waals surface area (Å²) in [6.07, 6.45) is 2.67. The molecule has 0 unspecified atom stereocenters. The predicted molar refractivity (Wildman–Crippen MR) is 125 cm³/mol. The van der Waals surface area contributed by atoms with E-state index in [9.17, 15) is 13.2 Å². The van der Waals surface area contributed by atoms with Crippen molar-refractivity contribution in [1.29, 1.82) is 0 Å². The summed E-state index contributed by atoms with van der Waals surface area (Å²) in [6.45, 7) is 3.39. The number of carbonyl (C=O) groups is 1. The first-order chi connectivity index (χ1) is 14.7. The van der Waals surface area contributed by atoms with Crippen LogP contribution >= 0.6 is 23.2 Å². The Morgan fingerprint density at radius 2 is 1.84 bits per heavy atom. The number of nitrogens with zero attached hydrogens (tertiary/aromatic N) is 1. The zero-order chi connectivity index (χ0) is 22.6. The van der Waals surface area contributed by atoms with Gasteiger partial charge in [0, 0.05) is 18.1 Å². The molecule has 0 bridgehead atoms. The molecule has 0 aromatic heterocycles. The lowest BCUT2D eigenvalue weighted by Gasteiger charge is -2.33. The van der Waals surface area contributed by atoms with Crippen molar-refractivity contribution in [3.63, 3.8) is 0 Å². The van der Waals surface area contributed by atoms with E-state index in [0.717, 1.165) is 18.4 Å². The Morgan fingerprint density at radius 3 is 2.45 bits per heavy atom. The van der Waals surface area contributed by atoms with Crippen LogP contribution in [0.3, 0.4) is 0 Å². The van der Waals surface area contributed by atoms with Gasteiger partial charge in [0.15, 0.2) is 0 Å². The average Bonchev–Trinajstić information content (AvgIpc) is 2.71. The third kappa shape index (κ3) is 6.13. The molecule has 3 rings (SSSR count). The standard InChI is InChI=1S/C22H27Cl2N3O3S/c1-15-9-11-27(12-10-15)22(28)20(8-7-16-5-3-2-4-6-16)26-31(29,30)21-18(24)13-17(23)14-19(21)25/h2-6,13-15,20,26H,7-12,25H2,1H3/t20-/m1/s1. The van der Waals surface area contributed by atoms with Crippen molar-refractivity contribution in [2.45, 2.75) is 43.5 Å². The number of nitrogens with one attached hydrogen (secondary N) is 1. The van der Waals surface area contributed by atoms with Crippen molar-refractivity contribution in [1.82, 2.24) is 9.62 Å². The molecule has 3 N–H and O–H groups in total. The number of benzene rings is 2. The SMILES string of the molecule is CC1CCN(C(=O)[C@@H](CCc2ccccc2)NS(=O)(=O)c2c(N)cc(Cl)cc2Cl)CC1. The first kappa shape index (κ1) is 23.9. The highest BCUT2D eigenvalue weighted by atomic mass is 35.5. The number of rotatable bonds is 7. The highest BCUT2D eigenvalue weighted by molar-refractivity contribution is 7.89. The number of sulfonamides is 1. The van der Waals surface area contributed by atoms with E-state index in [2.05, 4.69) is 11.6 Å². The first-order valence-electron chi connectivity index (χ1n) is 10.3. The number of piperidine rings is 1. The zero-order valence-electron chi connectivity index (χ0n) is 17.4. The molecular formula is C22H27Cl2N3O3S. The van der Waals surface area contributed by atoms with Crippen LogP contribution in [0.1, 0.15) is 31.7 Å². The number of carbonyl (C=O) groups excluding carboxylic acids is 1. The summed E-state index contributed by atoms with van der Waals surface area (Å²) in [4.78, 5) is 14.8. The molecule has 9 heteroatoms. The first-order valence-corrected chi connectivity index (χ1v) is 12.5. The molecule has 1 fully saturated rings. The number of halogens is 2. The van der Waals surface area contributed by atoms with Gasteiger partial charge in [-0.25, -0.2) is 8.42 Å². The molecule has 0 radical (unpaired) electrons. The van der Waals surface area contributed by atoms with Crippen molar-refractivity contribution in [3.8, 4) is 0 Å². The zero-order valence-corrected chi connectivity index (χ0v) is 19.7. The number of aryl methyl sites for hydroxylation is 1. The Kier molecular flexibility index (Phi) is 7.86. The van der Waals surface area contributed by atoms with Gasteiger partial charge in [-0.3, -0.25) is 4.79 Å². The minimum atomic E-state index is -4.15. The fourth-order valence-corrected chi connectivity index (χ4v) is 5.96. The number of nitrogen functional groups attached to an aromatic ring is 1. The van der Waals surface area contributed by atoms with Crippen LogP contribution in [0, 0.1) is 5.92 Å². The molecule has 0 spiro atoms. The van der Waals surface area contributed by atoms with E-state index in [1.807, 2.05) is 30.3 Å². The molecule has 0 aliphatic carbocycles. The fraction of sp³-hybridized carbons (Fsp3) is 0.409. The molecule has 2 aromatic rings. The highest BCUT2D eigenvalue weighted by Crippen LogP contribution is 2.31. The molecule has 6 nitrogen and oxygen atoms in total. The van der Waals surface area contributed by atoms with Gasteiger partial charge in [-0.2, -0.15) is 4.72 Å². The Bertz CT molecular complexity index is 1000. The Hall–Kier alpha value is -1.80. The number of amides is 1. The summed E-state index contributed by atoms with van der Waals surface area (Å²) in [7, 11) is -4.15. The van der Waals surface area contributed by atoms with E-state index in [0.29, 0.717) is 31.8 Å². The van der Waals surface area contributed by atoms with Crippen molar-refractivity contribution < 1.29 is 13.2 Å². The minimum Gasteiger partial charge on any atom is -0.398 e. The fourth-order valence-electron chi connectivity index (χ4n) is 3.75. The molecule has 1 heterocycles. The van der Waals surface area contributed by atoms with Crippen LogP contribution in [0.2, 0.25) is 10.0 Å². The summed E-state index contributed by atoms with van der Waals surface area (Å²) < 4.78 is 28.9. The van der Waals surface area contributed by atoms with Gasteiger partial charge in [-0.15, -0.1) is 0 Å². The lowest BCUT2D eigenvalue weighted by Crippen LogP contribution is -2.50. The summed E-state index contributed by atoms with van der Waals surface area (Å²) in [5, 5.41) is 0.152. The Morgan fingerprint density at radius 1 is 1.19 bits per heavy atom.